The zero-order chi connectivity index (χ0) is 29.3. The van der Waals surface area contributed by atoms with Crippen LogP contribution in [0.4, 0.5) is 10.5 Å². The van der Waals surface area contributed by atoms with Crippen molar-refractivity contribution in [2.45, 2.75) is 85.0 Å². The highest BCUT2D eigenvalue weighted by Crippen LogP contribution is 2.32. The molecule has 0 bridgehead atoms. The monoisotopic (exact) mass is 575 g/mol. The van der Waals surface area contributed by atoms with E-state index in [0.717, 1.165) is 11.1 Å². The molecule has 3 amide bonds. The van der Waals surface area contributed by atoms with Crippen LogP contribution in [0.3, 0.4) is 0 Å². The normalized spacial score (nSPS) is 13.7. The molecule has 0 radical (unpaired) electrons. The third-order valence-electron chi connectivity index (χ3n) is 6.40. The second-order valence-corrected chi connectivity index (χ2v) is 12.1. The molecule has 3 atom stereocenters. The number of alkyl carbamates (subject to hydrolysis) is 1. The van der Waals surface area contributed by atoms with Gasteiger partial charge >= 0.3 is 6.09 Å². The minimum atomic E-state index is -0.957. The Labute approximate surface area is 242 Å². The molecule has 0 aromatic heterocycles. The van der Waals surface area contributed by atoms with E-state index in [1.54, 1.807) is 43.5 Å². The van der Waals surface area contributed by atoms with Crippen molar-refractivity contribution in [1.82, 2.24) is 10.2 Å². The van der Waals surface area contributed by atoms with Gasteiger partial charge in [-0.25, -0.2) is 4.79 Å². The molecular weight excluding hydrogens is 534 g/mol. The van der Waals surface area contributed by atoms with E-state index in [2.05, 4.69) is 10.6 Å². The molecule has 0 aliphatic rings. The molecule has 0 spiro atoms. The first-order valence-electron chi connectivity index (χ1n) is 13.2. The van der Waals surface area contributed by atoms with Gasteiger partial charge in [0, 0.05) is 6.04 Å². The lowest BCUT2D eigenvalue weighted by molar-refractivity contribution is -0.143. The topological polar surface area (TPSA) is 87.7 Å². The molecule has 2 N–H and O–H groups in total. The van der Waals surface area contributed by atoms with Crippen LogP contribution in [0, 0.1) is 13.8 Å². The van der Waals surface area contributed by atoms with Crippen LogP contribution in [0.15, 0.2) is 42.5 Å². The summed E-state index contributed by atoms with van der Waals surface area (Å²) in [4.78, 5) is 42.8. The van der Waals surface area contributed by atoms with Crippen molar-refractivity contribution in [3.63, 3.8) is 0 Å². The molecule has 214 valence electrons. The van der Waals surface area contributed by atoms with Gasteiger partial charge in [0.2, 0.25) is 5.91 Å². The van der Waals surface area contributed by atoms with Crippen LogP contribution in [0.2, 0.25) is 5.02 Å². The van der Waals surface area contributed by atoms with Gasteiger partial charge in [-0.1, -0.05) is 54.9 Å². The number of hydrogen-bond acceptors (Lipinski definition) is 5. The quantitative estimate of drug-likeness (QED) is 0.304. The first kappa shape index (κ1) is 32.5. The van der Waals surface area contributed by atoms with Gasteiger partial charge in [-0.3, -0.25) is 9.59 Å². The second-order valence-electron chi connectivity index (χ2n) is 10.7. The smallest absolute Gasteiger partial charge is 0.408 e. The minimum Gasteiger partial charge on any atom is -0.444 e. The Morgan fingerprint density at radius 2 is 1.69 bits per heavy atom. The van der Waals surface area contributed by atoms with Gasteiger partial charge in [0.05, 0.1) is 10.7 Å². The Bertz CT molecular complexity index is 1130. The van der Waals surface area contributed by atoms with Gasteiger partial charge in [0.25, 0.3) is 5.91 Å². The minimum absolute atomic E-state index is 0.308. The molecule has 7 nitrogen and oxygen atoms in total. The molecule has 0 saturated heterocycles. The summed E-state index contributed by atoms with van der Waals surface area (Å²) in [6.45, 7) is 13.0. The van der Waals surface area contributed by atoms with Crippen molar-refractivity contribution in [2.75, 3.05) is 17.3 Å². The van der Waals surface area contributed by atoms with Gasteiger partial charge in [0.1, 0.15) is 17.7 Å². The number of nitrogens with zero attached hydrogens (tertiary/aromatic N) is 1. The predicted molar refractivity (Wildman–Crippen MR) is 161 cm³/mol. The molecule has 0 aliphatic carbocycles. The third-order valence-corrected chi connectivity index (χ3v) is 7.36. The van der Waals surface area contributed by atoms with Crippen molar-refractivity contribution in [3.8, 4) is 0 Å². The summed E-state index contributed by atoms with van der Waals surface area (Å²) in [6, 6.07) is 10.8. The number of benzene rings is 2. The number of anilines is 1. The van der Waals surface area contributed by atoms with E-state index in [1.165, 1.54) is 0 Å². The number of hydrogen-bond donors (Lipinski definition) is 2. The molecule has 0 aliphatic heterocycles. The van der Waals surface area contributed by atoms with E-state index in [4.69, 9.17) is 16.3 Å². The number of rotatable bonds is 11. The Morgan fingerprint density at radius 3 is 2.26 bits per heavy atom. The number of thioether (sulfide) groups is 1. The molecule has 2 rings (SSSR count). The molecule has 9 heteroatoms. The van der Waals surface area contributed by atoms with Crippen molar-refractivity contribution in [3.05, 3.63) is 64.2 Å². The van der Waals surface area contributed by atoms with Crippen LogP contribution in [0.1, 0.15) is 70.2 Å². The number of para-hydroxylation sites is 1. The molecule has 0 fully saturated rings. The number of carbonyl (C=O) groups excluding carboxylic acids is 3. The Morgan fingerprint density at radius 1 is 1.05 bits per heavy atom. The maximum atomic E-state index is 14.3. The summed E-state index contributed by atoms with van der Waals surface area (Å²) in [6.07, 6.45) is 2.26. The van der Waals surface area contributed by atoms with Crippen LogP contribution in [-0.2, 0) is 14.3 Å². The highest BCUT2D eigenvalue weighted by Gasteiger charge is 2.39. The highest BCUT2D eigenvalue weighted by molar-refractivity contribution is 7.98. The van der Waals surface area contributed by atoms with Gasteiger partial charge in [-0.2, -0.15) is 11.8 Å². The lowest BCUT2D eigenvalue weighted by Crippen LogP contribution is -2.55. The zero-order valence-electron chi connectivity index (χ0n) is 24.3. The van der Waals surface area contributed by atoms with Crippen molar-refractivity contribution < 1.29 is 19.1 Å². The van der Waals surface area contributed by atoms with E-state index in [-0.39, 0.29) is 17.9 Å². The fourth-order valence-electron chi connectivity index (χ4n) is 4.21. The summed E-state index contributed by atoms with van der Waals surface area (Å²) in [5, 5.41) is 6.18. The number of ether oxygens (including phenoxy) is 1. The van der Waals surface area contributed by atoms with Crippen molar-refractivity contribution in [1.29, 1.82) is 0 Å². The molecule has 0 heterocycles. The lowest BCUT2D eigenvalue weighted by atomic mass is 9.95. The van der Waals surface area contributed by atoms with Crippen LogP contribution in [-0.4, -0.2) is 52.5 Å². The fourth-order valence-corrected chi connectivity index (χ4v) is 4.95. The van der Waals surface area contributed by atoms with Crippen LogP contribution >= 0.6 is 23.4 Å². The van der Waals surface area contributed by atoms with Gasteiger partial charge in [0.15, 0.2) is 0 Å². The number of amides is 3. The summed E-state index contributed by atoms with van der Waals surface area (Å²) in [7, 11) is 0. The van der Waals surface area contributed by atoms with E-state index in [0.29, 0.717) is 34.9 Å². The zero-order valence-corrected chi connectivity index (χ0v) is 25.8. The molecule has 0 saturated carbocycles. The highest BCUT2D eigenvalue weighted by atomic mass is 35.5. The third kappa shape index (κ3) is 9.17. The van der Waals surface area contributed by atoms with Crippen LogP contribution in [0.25, 0.3) is 0 Å². The Hall–Kier alpha value is -2.71. The first-order valence-corrected chi connectivity index (χ1v) is 15.0. The van der Waals surface area contributed by atoms with Gasteiger partial charge < -0.3 is 20.3 Å². The molecule has 2 aromatic rings. The number of aryl methyl sites for hydroxylation is 2. The maximum absolute atomic E-state index is 14.3. The molecule has 3 unspecified atom stereocenters. The standard InChI is InChI=1S/C30H42ClN3O4S/c1-9-21(4)34(28(36)24(17-18-39-8)32-29(37)38-30(5,6)7)26(22-15-11-10-13-19(22)2)27(35)33-25-20(3)14-12-16-23(25)31/h10-16,21,24,26H,9,17-18H2,1-8H3,(H,32,37)(H,33,35). The summed E-state index contributed by atoms with van der Waals surface area (Å²) in [5.41, 5.74) is 2.17. The van der Waals surface area contributed by atoms with E-state index >= 15 is 0 Å². The van der Waals surface area contributed by atoms with Crippen molar-refractivity contribution >= 4 is 47.0 Å². The van der Waals surface area contributed by atoms with Crippen molar-refractivity contribution in [2.24, 2.45) is 0 Å². The summed E-state index contributed by atoms with van der Waals surface area (Å²) in [5.74, 6) is -0.0841. The fraction of sp³-hybridized carbons (Fsp3) is 0.500. The number of carbonyl (C=O) groups is 3. The molecule has 39 heavy (non-hydrogen) atoms. The maximum Gasteiger partial charge on any atom is 0.408 e. The Kier molecular flexibility index (Phi) is 12.2. The first-order chi connectivity index (χ1) is 18.3. The number of nitrogens with one attached hydrogen (secondary N) is 2. The summed E-state index contributed by atoms with van der Waals surface area (Å²) < 4.78 is 5.46. The van der Waals surface area contributed by atoms with Gasteiger partial charge in [-0.15, -0.1) is 0 Å². The van der Waals surface area contributed by atoms with Crippen LogP contribution < -0.4 is 10.6 Å². The van der Waals surface area contributed by atoms with E-state index in [9.17, 15) is 14.4 Å². The average molecular weight is 576 g/mol. The predicted octanol–water partition coefficient (Wildman–Crippen LogP) is 6.91. The largest absolute Gasteiger partial charge is 0.444 e. The van der Waals surface area contributed by atoms with E-state index < -0.39 is 23.8 Å². The lowest BCUT2D eigenvalue weighted by Gasteiger charge is -2.38. The molecular formula is C30H42ClN3O4S. The van der Waals surface area contributed by atoms with E-state index in [1.807, 2.05) is 70.3 Å². The Balaban J connectivity index is 2.60. The number of halogens is 1. The van der Waals surface area contributed by atoms with Gasteiger partial charge in [-0.05, 0) is 89.1 Å². The average Bonchev–Trinajstić information content (AvgIpc) is 2.86. The molecule has 2 aromatic carbocycles. The summed E-state index contributed by atoms with van der Waals surface area (Å²) >= 11 is 8.02. The van der Waals surface area contributed by atoms with Crippen LogP contribution in [0.5, 0.6) is 0 Å². The second kappa shape index (κ2) is 14.6. The SMILES string of the molecule is CCC(C)N(C(=O)C(CCSC)NC(=O)OC(C)(C)C)C(C(=O)Nc1c(C)cccc1Cl)c1ccccc1C.